The van der Waals surface area contributed by atoms with Gasteiger partial charge < -0.3 is 5.73 Å². The third-order valence-corrected chi connectivity index (χ3v) is 4.90. The summed E-state index contributed by atoms with van der Waals surface area (Å²) in [5.41, 5.74) is 6.12. The minimum atomic E-state index is -3.84. The fourth-order valence-electron chi connectivity index (χ4n) is 1.74. The molecule has 0 aliphatic carbocycles. The van der Waals surface area contributed by atoms with Crippen molar-refractivity contribution in [2.45, 2.75) is 11.8 Å². The number of hydrogen-bond donors (Lipinski definition) is 2. The number of benzene rings is 2. The molecule has 0 bridgehead atoms. The van der Waals surface area contributed by atoms with Gasteiger partial charge in [0.05, 0.1) is 26.2 Å². The summed E-state index contributed by atoms with van der Waals surface area (Å²) in [6.07, 6.45) is 0. The Morgan fingerprint density at radius 1 is 1.09 bits per heavy atom. The van der Waals surface area contributed by atoms with Gasteiger partial charge in [0.2, 0.25) is 5.91 Å². The van der Waals surface area contributed by atoms with E-state index < -0.39 is 15.9 Å². The van der Waals surface area contributed by atoms with Gasteiger partial charge in [-0.25, -0.2) is 8.42 Å². The topological polar surface area (TPSA) is 89.3 Å². The number of hydrogen-bond acceptors (Lipinski definition) is 3. The molecular formula is C14H12Cl2N2O3S. The molecule has 22 heavy (non-hydrogen) atoms. The first-order valence-electron chi connectivity index (χ1n) is 6.09. The maximum atomic E-state index is 12.3. The van der Waals surface area contributed by atoms with Gasteiger partial charge in [0.25, 0.3) is 10.0 Å². The Bertz CT molecular complexity index is 834. The zero-order chi connectivity index (χ0) is 16.5. The monoisotopic (exact) mass is 358 g/mol. The van der Waals surface area contributed by atoms with E-state index in [0.29, 0.717) is 0 Å². The fraction of sp³-hybridized carbons (Fsp3) is 0.0714. The Hall–Kier alpha value is -1.76. The quantitative estimate of drug-likeness (QED) is 0.879. The van der Waals surface area contributed by atoms with Gasteiger partial charge in [-0.15, -0.1) is 0 Å². The van der Waals surface area contributed by atoms with Crippen LogP contribution in [0.2, 0.25) is 10.0 Å². The number of aryl methyl sites for hydroxylation is 1. The van der Waals surface area contributed by atoms with Gasteiger partial charge >= 0.3 is 0 Å². The van der Waals surface area contributed by atoms with Gasteiger partial charge in [-0.2, -0.15) is 0 Å². The number of primary amides is 1. The van der Waals surface area contributed by atoms with Crippen molar-refractivity contribution in [3.8, 4) is 0 Å². The van der Waals surface area contributed by atoms with Crippen LogP contribution in [0.3, 0.4) is 0 Å². The van der Waals surface area contributed by atoms with Crippen molar-refractivity contribution in [2.24, 2.45) is 5.73 Å². The average Bonchev–Trinajstić information content (AvgIpc) is 2.41. The van der Waals surface area contributed by atoms with Crippen LogP contribution in [-0.4, -0.2) is 14.3 Å². The third-order valence-electron chi connectivity index (χ3n) is 2.90. The van der Waals surface area contributed by atoms with E-state index in [1.807, 2.05) is 6.92 Å². The summed E-state index contributed by atoms with van der Waals surface area (Å²) in [6.45, 7) is 1.85. The summed E-state index contributed by atoms with van der Waals surface area (Å²) < 4.78 is 26.9. The van der Waals surface area contributed by atoms with Crippen molar-refractivity contribution < 1.29 is 13.2 Å². The second-order valence-electron chi connectivity index (χ2n) is 4.59. The molecule has 2 aromatic carbocycles. The van der Waals surface area contributed by atoms with Crippen LogP contribution in [0.5, 0.6) is 0 Å². The van der Waals surface area contributed by atoms with Crippen LogP contribution >= 0.6 is 23.2 Å². The first kappa shape index (κ1) is 16.6. The number of carbonyl (C=O) groups excluding carboxylic acids is 1. The number of carbonyl (C=O) groups is 1. The molecule has 0 heterocycles. The van der Waals surface area contributed by atoms with Gasteiger partial charge in [0.1, 0.15) is 0 Å². The molecule has 0 radical (unpaired) electrons. The number of halogens is 2. The number of nitrogens with two attached hydrogens (primary N) is 1. The average molecular weight is 359 g/mol. The molecule has 0 aliphatic rings. The minimum Gasteiger partial charge on any atom is -0.366 e. The van der Waals surface area contributed by atoms with Crippen LogP contribution in [0.4, 0.5) is 5.69 Å². The highest BCUT2D eigenvalue weighted by atomic mass is 35.5. The summed E-state index contributed by atoms with van der Waals surface area (Å²) >= 11 is 11.8. The maximum absolute atomic E-state index is 12.3. The standard InChI is InChI=1S/C14H12Cl2N2O3S/c1-8-2-4-9(5-3-8)22(20,21)18-13-6-10(14(17)19)11(15)7-12(13)16/h2-7,18H,1H3,(H2,17,19). The highest BCUT2D eigenvalue weighted by Crippen LogP contribution is 2.30. The zero-order valence-corrected chi connectivity index (χ0v) is 13.8. The first-order valence-corrected chi connectivity index (χ1v) is 8.33. The van der Waals surface area contributed by atoms with E-state index in [1.165, 1.54) is 24.3 Å². The van der Waals surface area contributed by atoms with Crippen LogP contribution in [0.15, 0.2) is 41.3 Å². The third kappa shape index (κ3) is 3.52. The molecule has 0 saturated carbocycles. The van der Waals surface area contributed by atoms with E-state index >= 15 is 0 Å². The largest absolute Gasteiger partial charge is 0.366 e. The Labute approximate surface area is 138 Å². The Balaban J connectivity index is 2.43. The highest BCUT2D eigenvalue weighted by molar-refractivity contribution is 7.92. The van der Waals surface area contributed by atoms with Gasteiger partial charge in [-0.05, 0) is 31.2 Å². The number of amides is 1. The van der Waals surface area contributed by atoms with E-state index in [9.17, 15) is 13.2 Å². The molecule has 116 valence electrons. The van der Waals surface area contributed by atoms with Gasteiger partial charge in [0.15, 0.2) is 0 Å². The second-order valence-corrected chi connectivity index (χ2v) is 7.09. The summed E-state index contributed by atoms with van der Waals surface area (Å²) in [6, 6.07) is 8.75. The molecule has 2 rings (SSSR count). The number of nitrogens with one attached hydrogen (secondary N) is 1. The Morgan fingerprint density at radius 2 is 1.68 bits per heavy atom. The molecule has 8 heteroatoms. The number of rotatable bonds is 4. The van der Waals surface area contributed by atoms with Crippen molar-refractivity contribution in [2.75, 3.05) is 4.72 Å². The van der Waals surface area contributed by atoms with E-state index in [-0.39, 0.29) is 26.2 Å². The van der Waals surface area contributed by atoms with Crippen LogP contribution < -0.4 is 10.5 Å². The molecule has 0 aliphatic heterocycles. The molecule has 0 saturated heterocycles. The van der Waals surface area contributed by atoms with Crippen LogP contribution in [0.25, 0.3) is 0 Å². The lowest BCUT2D eigenvalue weighted by molar-refractivity contribution is 0.100. The lowest BCUT2D eigenvalue weighted by atomic mass is 10.2. The Kier molecular flexibility index (Phi) is 4.65. The van der Waals surface area contributed by atoms with E-state index in [2.05, 4.69) is 4.72 Å². The van der Waals surface area contributed by atoms with Crippen molar-refractivity contribution in [3.05, 3.63) is 57.6 Å². The van der Waals surface area contributed by atoms with Crippen LogP contribution in [0.1, 0.15) is 15.9 Å². The minimum absolute atomic E-state index is 0.0207. The summed E-state index contributed by atoms with van der Waals surface area (Å²) in [5.74, 6) is -0.780. The summed E-state index contributed by atoms with van der Waals surface area (Å²) in [5, 5.41) is 0.112. The molecular weight excluding hydrogens is 347 g/mol. The van der Waals surface area contributed by atoms with Crippen LogP contribution in [-0.2, 0) is 10.0 Å². The molecule has 0 aromatic heterocycles. The molecule has 0 fully saturated rings. The SMILES string of the molecule is Cc1ccc(S(=O)(=O)Nc2cc(C(N)=O)c(Cl)cc2Cl)cc1. The maximum Gasteiger partial charge on any atom is 0.261 e. The lowest BCUT2D eigenvalue weighted by Gasteiger charge is -2.12. The summed E-state index contributed by atoms with van der Waals surface area (Å²) in [7, 11) is -3.84. The second kappa shape index (κ2) is 6.16. The number of sulfonamides is 1. The fourth-order valence-corrected chi connectivity index (χ4v) is 3.39. The molecule has 3 N–H and O–H groups in total. The van der Waals surface area contributed by atoms with Gasteiger partial charge in [0, 0.05) is 0 Å². The normalized spacial score (nSPS) is 11.2. The molecule has 1 amide bonds. The van der Waals surface area contributed by atoms with Crippen molar-refractivity contribution >= 4 is 44.8 Å². The molecule has 0 spiro atoms. The van der Waals surface area contributed by atoms with Gasteiger partial charge in [-0.1, -0.05) is 40.9 Å². The smallest absolute Gasteiger partial charge is 0.261 e. The van der Waals surface area contributed by atoms with E-state index in [0.717, 1.165) is 5.56 Å². The lowest BCUT2D eigenvalue weighted by Crippen LogP contribution is -2.16. The van der Waals surface area contributed by atoms with Crippen molar-refractivity contribution in [3.63, 3.8) is 0 Å². The van der Waals surface area contributed by atoms with Crippen molar-refractivity contribution in [1.29, 1.82) is 0 Å². The van der Waals surface area contributed by atoms with Gasteiger partial charge in [-0.3, -0.25) is 9.52 Å². The molecule has 5 nitrogen and oxygen atoms in total. The Morgan fingerprint density at radius 3 is 2.23 bits per heavy atom. The molecule has 0 unspecified atom stereocenters. The van der Waals surface area contributed by atoms with E-state index in [4.69, 9.17) is 28.9 Å². The molecule has 0 atom stereocenters. The zero-order valence-electron chi connectivity index (χ0n) is 11.4. The highest BCUT2D eigenvalue weighted by Gasteiger charge is 2.18. The molecule has 2 aromatic rings. The summed E-state index contributed by atoms with van der Waals surface area (Å²) in [4.78, 5) is 11.3. The predicted molar refractivity (Wildman–Crippen MR) is 87.0 cm³/mol. The van der Waals surface area contributed by atoms with Crippen LogP contribution in [0, 0.1) is 6.92 Å². The van der Waals surface area contributed by atoms with Crippen molar-refractivity contribution in [1.82, 2.24) is 0 Å². The number of anilines is 1. The van der Waals surface area contributed by atoms with E-state index in [1.54, 1.807) is 12.1 Å². The first-order chi connectivity index (χ1) is 10.2. The predicted octanol–water partition coefficient (Wildman–Crippen LogP) is 3.20.